The molecule has 0 aromatic heterocycles. The maximum atomic E-state index is 12.7. The highest BCUT2D eigenvalue weighted by Crippen LogP contribution is 2.36. The van der Waals surface area contributed by atoms with Gasteiger partial charge in [-0.15, -0.1) is 0 Å². The third-order valence-corrected chi connectivity index (χ3v) is 6.33. The van der Waals surface area contributed by atoms with E-state index >= 15 is 0 Å². The van der Waals surface area contributed by atoms with E-state index in [1.807, 2.05) is 6.92 Å². The first-order valence-corrected chi connectivity index (χ1v) is 8.88. The molecule has 2 rings (SSSR count). The van der Waals surface area contributed by atoms with Gasteiger partial charge in [-0.25, -0.2) is 0 Å². The number of hydrogen-bond donors (Lipinski definition) is 1. The van der Waals surface area contributed by atoms with Crippen LogP contribution in [0, 0.1) is 5.41 Å². The first-order valence-electron chi connectivity index (χ1n) is 7.49. The summed E-state index contributed by atoms with van der Waals surface area (Å²) >= 11 is 0. The minimum atomic E-state index is -3.58. The topological polar surface area (TPSA) is 87.2 Å². The summed E-state index contributed by atoms with van der Waals surface area (Å²) in [5, 5.41) is 9.56. The van der Waals surface area contributed by atoms with E-state index in [-0.39, 0.29) is 6.54 Å². The van der Waals surface area contributed by atoms with Crippen molar-refractivity contribution >= 4 is 16.2 Å². The molecule has 2 fully saturated rings. The average Bonchev–Trinajstić information content (AvgIpc) is 2.48. The monoisotopic (exact) mass is 320 g/mol. The van der Waals surface area contributed by atoms with E-state index in [9.17, 15) is 18.3 Å². The van der Waals surface area contributed by atoms with E-state index in [1.165, 1.54) is 8.61 Å². The van der Waals surface area contributed by atoms with Gasteiger partial charge in [-0.05, 0) is 19.3 Å². The minimum Gasteiger partial charge on any atom is -0.481 e. The molecule has 0 saturated carbocycles. The molecule has 8 heteroatoms. The van der Waals surface area contributed by atoms with Crippen LogP contribution in [0.4, 0.5) is 0 Å². The van der Waals surface area contributed by atoms with Crippen LogP contribution in [0.1, 0.15) is 32.6 Å². The van der Waals surface area contributed by atoms with Gasteiger partial charge < -0.3 is 9.84 Å². The number of carboxylic acid groups (broad SMARTS) is 1. The quantitative estimate of drug-likeness (QED) is 0.798. The smallest absolute Gasteiger partial charge is 0.310 e. The fourth-order valence-electron chi connectivity index (χ4n) is 3.19. The lowest BCUT2D eigenvalue weighted by Gasteiger charge is -2.41. The molecule has 0 radical (unpaired) electrons. The van der Waals surface area contributed by atoms with Crippen molar-refractivity contribution < 1.29 is 23.1 Å². The number of piperidine rings is 1. The van der Waals surface area contributed by atoms with E-state index in [2.05, 4.69) is 0 Å². The predicted molar refractivity (Wildman–Crippen MR) is 77.1 cm³/mol. The van der Waals surface area contributed by atoms with Crippen molar-refractivity contribution in [3.63, 3.8) is 0 Å². The highest BCUT2D eigenvalue weighted by molar-refractivity contribution is 7.86. The molecule has 0 amide bonds. The van der Waals surface area contributed by atoms with Crippen LogP contribution in [0.25, 0.3) is 0 Å². The summed E-state index contributed by atoms with van der Waals surface area (Å²) in [6, 6.07) is 0. The van der Waals surface area contributed by atoms with Crippen LogP contribution in [0.3, 0.4) is 0 Å². The molecule has 1 N–H and O–H groups in total. The van der Waals surface area contributed by atoms with Crippen LogP contribution >= 0.6 is 0 Å². The maximum absolute atomic E-state index is 12.7. The Morgan fingerprint density at radius 1 is 1.24 bits per heavy atom. The largest absolute Gasteiger partial charge is 0.481 e. The van der Waals surface area contributed by atoms with Crippen molar-refractivity contribution in [2.45, 2.75) is 32.6 Å². The summed E-state index contributed by atoms with van der Waals surface area (Å²) in [4.78, 5) is 11.7. The molecular weight excluding hydrogens is 296 g/mol. The number of nitrogens with zero attached hydrogens (tertiary/aromatic N) is 2. The van der Waals surface area contributed by atoms with Crippen LogP contribution in [0.2, 0.25) is 0 Å². The summed E-state index contributed by atoms with van der Waals surface area (Å²) in [7, 11) is -3.58. The molecule has 2 saturated heterocycles. The number of ether oxygens (including phenoxy) is 1. The highest BCUT2D eigenvalue weighted by Gasteiger charge is 2.45. The van der Waals surface area contributed by atoms with Crippen molar-refractivity contribution in [2.24, 2.45) is 5.41 Å². The van der Waals surface area contributed by atoms with Crippen LogP contribution in [-0.4, -0.2) is 67.5 Å². The predicted octanol–water partition coefficient (Wildman–Crippen LogP) is 0.530. The van der Waals surface area contributed by atoms with Gasteiger partial charge in [-0.3, -0.25) is 4.79 Å². The van der Waals surface area contributed by atoms with Crippen LogP contribution in [-0.2, 0) is 19.7 Å². The van der Waals surface area contributed by atoms with Crippen LogP contribution in [0.15, 0.2) is 0 Å². The Kier molecular flexibility index (Phi) is 5.24. The molecule has 0 aromatic carbocycles. The molecule has 2 aliphatic heterocycles. The van der Waals surface area contributed by atoms with Crippen molar-refractivity contribution in [3.05, 3.63) is 0 Å². The fourth-order valence-corrected chi connectivity index (χ4v) is 4.90. The molecule has 0 bridgehead atoms. The van der Waals surface area contributed by atoms with E-state index in [1.54, 1.807) is 0 Å². The standard InChI is InChI=1S/C13H24N2O5S/c1-2-4-13(12(16)17)5-3-6-15(11-13)21(18,19)14-7-9-20-10-8-14/h2-11H2,1H3,(H,16,17)/t13-/m1/s1. The normalized spacial score (nSPS) is 29.4. The second-order valence-corrected chi connectivity index (χ2v) is 7.72. The third kappa shape index (κ3) is 3.39. The Balaban J connectivity index is 2.17. The van der Waals surface area contributed by atoms with Crippen molar-refractivity contribution in [1.29, 1.82) is 0 Å². The molecule has 2 aliphatic rings. The molecule has 0 aliphatic carbocycles. The molecule has 1 atom stereocenters. The molecule has 2 heterocycles. The first-order chi connectivity index (χ1) is 9.92. The number of hydrogen-bond acceptors (Lipinski definition) is 4. The molecule has 122 valence electrons. The molecule has 0 spiro atoms. The molecule has 0 unspecified atom stereocenters. The fraction of sp³-hybridized carbons (Fsp3) is 0.923. The Bertz CT molecular complexity index is 471. The molecule has 7 nitrogen and oxygen atoms in total. The second kappa shape index (κ2) is 6.60. The maximum Gasteiger partial charge on any atom is 0.310 e. The van der Waals surface area contributed by atoms with Gasteiger partial charge in [-0.2, -0.15) is 17.0 Å². The molecular formula is C13H24N2O5S. The summed E-state index contributed by atoms with van der Waals surface area (Å²) in [5.41, 5.74) is -0.938. The molecule has 0 aromatic rings. The first kappa shape index (κ1) is 16.7. The summed E-state index contributed by atoms with van der Waals surface area (Å²) in [5.74, 6) is -0.883. The van der Waals surface area contributed by atoms with Crippen molar-refractivity contribution in [2.75, 3.05) is 39.4 Å². The Morgan fingerprint density at radius 2 is 1.90 bits per heavy atom. The van der Waals surface area contributed by atoms with Gasteiger partial charge in [0.25, 0.3) is 10.2 Å². The number of morpholine rings is 1. The van der Waals surface area contributed by atoms with Gasteiger partial charge in [0, 0.05) is 26.2 Å². The van der Waals surface area contributed by atoms with Crippen LogP contribution in [0.5, 0.6) is 0 Å². The van der Waals surface area contributed by atoms with Gasteiger partial charge in [0.15, 0.2) is 0 Å². The van der Waals surface area contributed by atoms with Gasteiger partial charge in [0.1, 0.15) is 0 Å². The number of rotatable bonds is 5. The Labute approximate surface area is 126 Å². The summed E-state index contributed by atoms with van der Waals surface area (Å²) in [6.45, 7) is 3.88. The van der Waals surface area contributed by atoms with Crippen molar-refractivity contribution in [1.82, 2.24) is 8.61 Å². The zero-order chi connectivity index (χ0) is 15.5. The minimum absolute atomic E-state index is 0.0792. The lowest BCUT2D eigenvalue weighted by atomic mass is 9.77. The zero-order valence-corrected chi connectivity index (χ0v) is 13.3. The summed E-state index contributed by atoms with van der Waals surface area (Å²) in [6.07, 6.45) is 2.39. The zero-order valence-electron chi connectivity index (χ0n) is 12.5. The van der Waals surface area contributed by atoms with Gasteiger partial charge in [-0.1, -0.05) is 13.3 Å². The second-order valence-electron chi connectivity index (χ2n) is 5.79. The number of carboxylic acids is 1. The van der Waals surface area contributed by atoms with Gasteiger partial charge in [0.2, 0.25) is 0 Å². The van der Waals surface area contributed by atoms with Gasteiger partial charge >= 0.3 is 5.97 Å². The van der Waals surface area contributed by atoms with E-state index < -0.39 is 21.6 Å². The number of aliphatic carboxylic acids is 1. The van der Waals surface area contributed by atoms with Crippen molar-refractivity contribution in [3.8, 4) is 0 Å². The number of carbonyl (C=O) groups is 1. The van der Waals surface area contributed by atoms with E-state index in [0.717, 1.165) is 6.42 Å². The van der Waals surface area contributed by atoms with E-state index in [4.69, 9.17) is 4.74 Å². The Morgan fingerprint density at radius 3 is 2.48 bits per heavy atom. The SMILES string of the molecule is CCC[C@@]1(C(=O)O)CCCN(S(=O)(=O)N2CCOCC2)C1. The van der Waals surface area contributed by atoms with E-state index in [0.29, 0.717) is 52.1 Å². The summed E-state index contributed by atoms with van der Waals surface area (Å²) < 4.78 is 33.3. The van der Waals surface area contributed by atoms with Crippen LogP contribution < -0.4 is 0 Å². The highest BCUT2D eigenvalue weighted by atomic mass is 32.2. The van der Waals surface area contributed by atoms with Gasteiger partial charge in [0.05, 0.1) is 18.6 Å². The lowest BCUT2D eigenvalue weighted by Crippen LogP contribution is -2.55. The molecule has 21 heavy (non-hydrogen) atoms. The third-order valence-electron chi connectivity index (χ3n) is 4.35. The Hall–Kier alpha value is -0.700. The lowest BCUT2D eigenvalue weighted by molar-refractivity contribution is -0.152. The average molecular weight is 320 g/mol.